The molecule has 2 amide bonds. The molecule has 1 aliphatic rings. The number of alkyl carbamates (subject to hydrolysis) is 1. The predicted octanol–water partition coefficient (Wildman–Crippen LogP) is 2.29. The van der Waals surface area contributed by atoms with E-state index in [9.17, 15) is 27.6 Å². The van der Waals surface area contributed by atoms with Gasteiger partial charge in [-0.25, -0.2) is 9.59 Å². The lowest BCUT2D eigenvalue weighted by atomic mass is 9.99. The van der Waals surface area contributed by atoms with Crippen LogP contribution in [-0.2, 0) is 19.1 Å². The molecule has 1 aliphatic carbocycles. The quantitative estimate of drug-likeness (QED) is 0.688. The van der Waals surface area contributed by atoms with E-state index in [1.807, 2.05) is 0 Å². The number of alkyl halides is 3. The first kappa shape index (κ1) is 22.0. The van der Waals surface area contributed by atoms with Crippen LogP contribution in [0.3, 0.4) is 0 Å². The SMILES string of the molecule is CC(OC(=O)C(NC(=O)OC(C)(C)C)C1(C)CC1)C(=O)NCC(F)(F)F. The topological polar surface area (TPSA) is 93.7 Å². The van der Waals surface area contributed by atoms with Crippen LogP contribution in [-0.4, -0.2) is 48.4 Å². The number of rotatable bonds is 6. The minimum Gasteiger partial charge on any atom is -0.451 e. The summed E-state index contributed by atoms with van der Waals surface area (Å²) in [6, 6.07) is -1.06. The van der Waals surface area contributed by atoms with Crippen molar-refractivity contribution in [1.29, 1.82) is 0 Å². The zero-order valence-corrected chi connectivity index (χ0v) is 15.5. The number of nitrogens with one attached hydrogen (secondary N) is 2. The maximum absolute atomic E-state index is 12.4. The van der Waals surface area contributed by atoms with Crippen molar-refractivity contribution in [2.45, 2.75) is 71.4 Å². The molecule has 0 heterocycles. The number of hydrogen-bond acceptors (Lipinski definition) is 5. The molecule has 0 radical (unpaired) electrons. The van der Waals surface area contributed by atoms with E-state index < -0.39 is 53.9 Å². The molecular formula is C16H25F3N2O5. The van der Waals surface area contributed by atoms with Crippen LogP contribution >= 0.6 is 0 Å². The first-order chi connectivity index (χ1) is 11.6. The first-order valence-electron chi connectivity index (χ1n) is 8.17. The van der Waals surface area contributed by atoms with Crippen LogP contribution in [0, 0.1) is 5.41 Å². The predicted molar refractivity (Wildman–Crippen MR) is 85.1 cm³/mol. The van der Waals surface area contributed by atoms with E-state index in [-0.39, 0.29) is 0 Å². The van der Waals surface area contributed by atoms with Crippen LogP contribution in [0.15, 0.2) is 0 Å². The lowest BCUT2D eigenvalue weighted by Gasteiger charge is -2.27. The normalized spacial score (nSPS) is 18.3. The van der Waals surface area contributed by atoms with Crippen LogP contribution in [0.2, 0.25) is 0 Å². The van der Waals surface area contributed by atoms with Crippen LogP contribution in [0.1, 0.15) is 47.5 Å². The summed E-state index contributed by atoms with van der Waals surface area (Å²) in [4.78, 5) is 35.9. The van der Waals surface area contributed by atoms with Crippen molar-refractivity contribution < 1.29 is 37.0 Å². The van der Waals surface area contributed by atoms with Gasteiger partial charge >= 0.3 is 18.2 Å². The molecule has 0 spiro atoms. The summed E-state index contributed by atoms with van der Waals surface area (Å²) in [5, 5.41) is 4.07. The van der Waals surface area contributed by atoms with Gasteiger partial charge in [-0.3, -0.25) is 4.79 Å². The highest BCUT2D eigenvalue weighted by atomic mass is 19.4. The third-order valence-corrected chi connectivity index (χ3v) is 3.76. The van der Waals surface area contributed by atoms with E-state index in [1.165, 1.54) is 0 Å². The van der Waals surface area contributed by atoms with Gasteiger partial charge in [0.2, 0.25) is 0 Å². The van der Waals surface area contributed by atoms with Gasteiger partial charge in [-0.1, -0.05) is 6.92 Å². The summed E-state index contributed by atoms with van der Waals surface area (Å²) in [6.45, 7) is 6.36. The zero-order valence-electron chi connectivity index (χ0n) is 15.5. The van der Waals surface area contributed by atoms with Crippen LogP contribution in [0.5, 0.6) is 0 Å². The molecule has 0 aromatic carbocycles. The second-order valence-electron chi connectivity index (χ2n) is 7.65. The maximum Gasteiger partial charge on any atom is 0.408 e. The summed E-state index contributed by atoms with van der Waals surface area (Å²) in [7, 11) is 0. The molecule has 0 aromatic heterocycles. The van der Waals surface area contributed by atoms with Gasteiger partial charge in [0.25, 0.3) is 5.91 Å². The molecule has 2 atom stereocenters. The fraction of sp³-hybridized carbons (Fsp3) is 0.812. The summed E-state index contributed by atoms with van der Waals surface area (Å²) < 4.78 is 46.4. The Morgan fingerprint density at radius 3 is 2.12 bits per heavy atom. The van der Waals surface area contributed by atoms with Gasteiger partial charge in [0.15, 0.2) is 6.10 Å². The number of carbonyl (C=O) groups excluding carboxylic acids is 3. The van der Waals surface area contributed by atoms with E-state index >= 15 is 0 Å². The minimum atomic E-state index is -4.57. The maximum atomic E-state index is 12.4. The summed E-state index contributed by atoms with van der Waals surface area (Å²) in [5.41, 5.74) is -1.32. The molecule has 0 bridgehead atoms. The fourth-order valence-electron chi connectivity index (χ4n) is 2.06. The molecular weight excluding hydrogens is 357 g/mol. The lowest BCUT2D eigenvalue weighted by Crippen LogP contribution is -2.50. The average molecular weight is 382 g/mol. The van der Waals surface area contributed by atoms with Crippen LogP contribution in [0.4, 0.5) is 18.0 Å². The Morgan fingerprint density at radius 1 is 1.15 bits per heavy atom. The Hall–Kier alpha value is -2.00. The number of carbonyl (C=O) groups is 3. The molecule has 0 aromatic rings. The van der Waals surface area contributed by atoms with E-state index in [2.05, 4.69) is 5.32 Å². The highest BCUT2D eigenvalue weighted by molar-refractivity contribution is 5.87. The number of hydrogen-bond donors (Lipinski definition) is 2. The molecule has 10 heteroatoms. The van der Waals surface area contributed by atoms with Crippen LogP contribution in [0.25, 0.3) is 0 Å². The van der Waals surface area contributed by atoms with Gasteiger partial charge in [-0.05, 0) is 46.0 Å². The monoisotopic (exact) mass is 382 g/mol. The Morgan fingerprint density at radius 2 is 1.69 bits per heavy atom. The zero-order chi connectivity index (χ0) is 20.3. The molecule has 0 aliphatic heterocycles. The van der Waals surface area contributed by atoms with Gasteiger partial charge in [-0.15, -0.1) is 0 Å². The van der Waals surface area contributed by atoms with E-state index in [0.717, 1.165) is 6.92 Å². The highest BCUT2D eigenvalue weighted by Gasteiger charge is 2.51. The minimum absolute atomic E-state index is 0.545. The molecule has 7 nitrogen and oxygen atoms in total. The van der Waals surface area contributed by atoms with Crippen molar-refractivity contribution >= 4 is 18.0 Å². The lowest BCUT2D eigenvalue weighted by molar-refractivity contribution is -0.160. The Kier molecular flexibility index (Phi) is 6.54. The Balaban J connectivity index is 2.67. The molecule has 1 rings (SSSR count). The third-order valence-electron chi connectivity index (χ3n) is 3.76. The number of ether oxygens (including phenoxy) is 2. The van der Waals surface area contributed by atoms with Crippen molar-refractivity contribution in [3.05, 3.63) is 0 Å². The van der Waals surface area contributed by atoms with Gasteiger partial charge < -0.3 is 20.1 Å². The number of amides is 2. The molecule has 1 fully saturated rings. The second kappa shape index (κ2) is 7.71. The number of esters is 1. The molecule has 26 heavy (non-hydrogen) atoms. The van der Waals surface area contributed by atoms with Gasteiger partial charge in [0.1, 0.15) is 18.2 Å². The van der Waals surface area contributed by atoms with E-state index in [1.54, 1.807) is 33.0 Å². The smallest absolute Gasteiger partial charge is 0.408 e. The Bertz CT molecular complexity index is 553. The summed E-state index contributed by atoms with van der Waals surface area (Å²) >= 11 is 0. The standard InChI is InChI=1S/C16H25F3N2O5/c1-9(11(22)20-8-16(17,18)19)25-12(23)10(15(5)6-7-15)21-13(24)26-14(2,3)4/h9-10H,6-8H2,1-5H3,(H,20,22)(H,21,24). The molecule has 0 saturated heterocycles. The molecule has 2 N–H and O–H groups in total. The summed E-state index contributed by atoms with van der Waals surface area (Å²) in [5.74, 6) is -1.97. The Labute approximate surface area is 150 Å². The van der Waals surface area contributed by atoms with Crippen molar-refractivity contribution in [1.82, 2.24) is 10.6 Å². The van der Waals surface area contributed by atoms with Crippen molar-refractivity contribution in [2.24, 2.45) is 5.41 Å². The molecule has 2 unspecified atom stereocenters. The molecule has 1 saturated carbocycles. The largest absolute Gasteiger partial charge is 0.451 e. The molecule has 150 valence electrons. The average Bonchev–Trinajstić information content (AvgIpc) is 3.18. The first-order valence-corrected chi connectivity index (χ1v) is 8.17. The van der Waals surface area contributed by atoms with E-state index in [4.69, 9.17) is 9.47 Å². The van der Waals surface area contributed by atoms with Gasteiger partial charge in [0.05, 0.1) is 0 Å². The van der Waals surface area contributed by atoms with Gasteiger partial charge in [-0.2, -0.15) is 13.2 Å². The summed E-state index contributed by atoms with van der Waals surface area (Å²) in [6.07, 6.45) is -5.52. The number of halogens is 3. The van der Waals surface area contributed by atoms with Crippen molar-refractivity contribution in [2.75, 3.05) is 6.54 Å². The van der Waals surface area contributed by atoms with E-state index in [0.29, 0.717) is 12.8 Å². The van der Waals surface area contributed by atoms with Gasteiger partial charge in [0, 0.05) is 0 Å². The third kappa shape index (κ3) is 7.49. The second-order valence-corrected chi connectivity index (χ2v) is 7.65. The fourth-order valence-corrected chi connectivity index (χ4v) is 2.06. The van der Waals surface area contributed by atoms with Crippen molar-refractivity contribution in [3.63, 3.8) is 0 Å². The van der Waals surface area contributed by atoms with Crippen LogP contribution < -0.4 is 10.6 Å². The highest BCUT2D eigenvalue weighted by Crippen LogP contribution is 2.48. The van der Waals surface area contributed by atoms with Crippen molar-refractivity contribution in [3.8, 4) is 0 Å².